The Bertz CT molecular complexity index is 496. The molecule has 0 amide bonds. The van der Waals surface area contributed by atoms with Gasteiger partial charge in [0.15, 0.2) is 5.96 Å². The lowest BCUT2D eigenvalue weighted by molar-refractivity contribution is 0.282. The molecule has 5 heteroatoms. The van der Waals surface area contributed by atoms with Gasteiger partial charge in [-0.15, -0.1) is 0 Å². The first-order valence-electron chi connectivity index (χ1n) is 9.19. The molecule has 1 aliphatic rings. The van der Waals surface area contributed by atoms with Crippen molar-refractivity contribution in [2.45, 2.75) is 38.5 Å². The van der Waals surface area contributed by atoms with E-state index in [-0.39, 0.29) is 5.82 Å². The van der Waals surface area contributed by atoms with Crippen molar-refractivity contribution in [1.82, 2.24) is 15.5 Å². The molecular weight excluding hydrogens is 303 g/mol. The van der Waals surface area contributed by atoms with Crippen LogP contribution in [0.4, 0.5) is 4.39 Å². The van der Waals surface area contributed by atoms with Gasteiger partial charge in [-0.1, -0.05) is 25.0 Å². The first kappa shape index (κ1) is 18.7. The first-order chi connectivity index (χ1) is 11.8. The zero-order valence-corrected chi connectivity index (χ0v) is 14.9. The Morgan fingerprint density at radius 1 is 1.12 bits per heavy atom. The van der Waals surface area contributed by atoms with Crippen LogP contribution >= 0.6 is 0 Å². The molecule has 0 unspecified atom stereocenters. The molecule has 0 aromatic heterocycles. The number of hydrogen-bond acceptors (Lipinski definition) is 2. The highest BCUT2D eigenvalue weighted by Gasteiger charge is 2.08. The molecule has 2 N–H and O–H groups in total. The fourth-order valence-corrected chi connectivity index (χ4v) is 3.11. The molecule has 0 aliphatic carbocycles. The van der Waals surface area contributed by atoms with Crippen LogP contribution < -0.4 is 10.6 Å². The van der Waals surface area contributed by atoms with Gasteiger partial charge in [0.2, 0.25) is 0 Å². The summed E-state index contributed by atoms with van der Waals surface area (Å²) in [4.78, 5) is 6.82. The fourth-order valence-electron chi connectivity index (χ4n) is 3.11. The molecule has 1 fully saturated rings. The van der Waals surface area contributed by atoms with E-state index in [0.717, 1.165) is 44.0 Å². The topological polar surface area (TPSA) is 39.7 Å². The van der Waals surface area contributed by atoms with Crippen molar-refractivity contribution in [2.24, 2.45) is 4.99 Å². The minimum atomic E-state index is -0.177. The lowest BCUT2D eigenvalue weighted by Crippen LogP contribution is -2.39. The quantitative estimate of drug-likeness (QED) is 0.458. The van der Waals surface area contributed by atoms with Gasteiger partial charge in [-0.2, -0.15) is 0 Å². The molecule has 0 spiro atoms. The number of nitrogens with one attached hydrogen (secondary N) is 2. The van der Waals surface area contributed by atoms with Gasteiger partial charge >= 0.3 is 0 Å². The zero-order chi connectivity index (χ0) is 17.0. The average molecular weight is 334 g/mol. The summed E-state index contributed by atoms with van der Waals surface area (Å²) in [6, 6.07) is 6.75. The SMILES string of the molecule is CN=C(NCCCN1CCCCCC1)NCCc1cccc(F)c1. The van der Waals surface area contributed by atoms with E-state index < -0.39 is 0 Å². The third-order valence-electron chi connectivity index (χ3n) is 4.46. The number of halogens is 1. The summed E-state index contributed by atoms with van der Waals surface area (Å²) in [6.07, 6.45) is 7.37. The van der Waals surface area contributed by atoms with E-state index in [1.165, 1.54) is 44.8 Å². The molecule has 24 heavy (non-hydrogen) atoms. The molecule has 4 nitrogen and oxygen atoms in total. The molecular formula is C19H31FN4. The normalized spacial score (nSPS) is 16.7. The minimum absolute atomic E-state index is 0.177. The van der Waals surface area contributed by atoms with Crippen LogP contribution in [0.5, 0.6) is 0 Å². The summed E-state index contributed by atoms with van der Waals surface area (Å²) in [7, 11) is 1.78. The summed E-state index contributed by atoms with van der Waals surface area (Å²) in [5.74, 6) is 0.644. The highest BCUT2D eigenvalue weighted by Crippen LogP contribution is 2.09. The second-order valence-corrected chi connectivity index (χ2v) is 6.42. The summed E-state index contributed by atoms with van der Waals surface area (Å²) in [5, 5.41) is 6.65. The van der Waals surface area contributed by atoms with Crippen LogP contribution in [0.3, 0.4) is 0 Å². The van der Waals surface area contributed by atoms with Gasteiger partial charge in [0, 0.05) is 20.1 Å². The smallest absolute Gasteiger partial charge is 0.190 e. The Morgan fingerprint density at radius 3 is 2.58 bits per heavy atom. The van der Waals surface area contributed by atoms with E-state index in [9.17, 15) is 4.39 Å². The number of aliphatic imine (C=N–C) groups is 1. The molecule has 1 aliphatic heterocycles. The van der Waals surface area contributed by atoms with Crippen molar-refractivity contribution in [1.29, 1.82) is 0 Å². The number of guanidine groups is 1. The first-order valence-corrected chi connectivity index (χ1v) is 9.19. The van der Waals surface area contributed by atoms with E-state index >= 15 is 0 Å². The Labute approximate surface area is 145 Å². The van der Waals surface area contributed by atoms with Gasteiger partial charge in [-0.05, 0) is 63.0 Å². The molecule has 1 heterocycles. The van der Waals surface area contributed by atoms with Crippen LogP contribution in [0.2, 0.25) is 0 Å². The molecule has 1 aromatic carbocycles. The highest BCUT2D eigenvalue weighted by molar-refractivity contribution is 5.79. The summed E-state index contributed by atoms with van der Waals surface area (Å²) in [5.41, 5.74) is 0.999. The standard InChI is InChI=1S/C19H31FN4/c1-21-19(23-12-10-17-8-6-9-18(20)16-17)22-11-7-15-24-13-4-2-3-5-14-24/h6,8-9,16H,2-5,7,10-15H2,1H3,(H2,21,22,23). The van der Waals surface area contributed by atoms with E-state index in [1.54, 1.807) is 19.2 Å². The van der Waals surface area contributed by atoms with Crippen LogP contribution in [-0.4, -0.2) is 50.6 Å². The van der Waals surface area contributed by atoms with Crippen LogP contribution in [0, 0.1) is 5.82 Å². The van der Waals surface area contributed by atoms with Gasteiger partial charge in [0.1, 0.15) is 5.82 Å². The second-order valence-electron chi connectivity index (χ2n) is 6.42. The Hall–Kier alpha value is -1.62. The average Bonchev–Trinajstić information content (AvgIpc) is 2.86. The fraction of sp³-hybridized carbons (Fsp3) is 0.632. The molecule has 1 saturated heterocycles. The van der Waals surface area contributed by atoms with Crippen molar-refractivity contribution in [3.8, 4) is 0 Å². The third kappa shape index (κ3) is 7.30. The Balaban J connectivity index is 1.58. The predicted octanol–water partition coefficient (Wildman–Crippen LogP) is 2.80. The maximum absolute atomic E-state index is 13.1. The summed E-state index contributed by atoms with van der Waals surface area (Å²) < 4.78 is 13.1. The molecule has 134 valence electrons. The van der Waals surface area contributed by atoms with Crippen molar-refractivity contribution in [2.75, 3.05) is 39.8 Å². The Morgan fingerprint density at radius 2 is 1.88 bits per heavy atom. The number of likely N-dealkylation sites (tertiary alicyclic amines) is 1. The second kappa shape index (κ2) is 11.0. The van der Waals surface area contributed by atoms with Gasteiger partial charge in [0.05, 0.1) is 0 Å². The number of rotatable bonds is 7. The van der Waals surface area contributed by atoms with Gasteiger partial charge in [0.25, 0.3) is 0 Å². The summed E-state index contributed by atoms with van der Waals surface area (Å²) in [6.45, 7) is 5.33. The zero-order valence-electron chi connectivity index (χ0n) is 14.9. The molecule has 0 saturated carbocycles. The maximum Gasteiger partial charge on any atom is 0.190 e. The van der Waals surface area contributed by atoms with E-state index in [2.05, 4.69) is 20.5 Å². The van der Waals surface area contributed by atoms with E-state index in [4.69, 9.17) is 0 Å². The van der Waals surface area contributed by atoms with Gasteiger partial charge < -0.3 is 15.5 Å². The van der Waals surface area contributed by atoms with Gasteiger partial charge in [-0.25, -0.2) is 4.39 Å². The molecule has 0 radical (unpaired) electrons. The van der Waals surface area contributed by atoms with Crippen molar-refractivity contribution in [3.05, 3.63) is 35.6 Å². The van der Waals surface area contributed by atoms with Crippen LogP contribution in [0.1, 0.15) is 37.7 Å². The largest absolute Gasteiger partial charge is 0.356 e. The summed E-state index contributed by atoms with van der Waals surface area (Å²) >= 11 is 0. The van der Waals surface area contributed by atoms with Crippen molar-refractivity contribution >= 4 is 5.96 Å². The number of nitrogens with zero attached hydrogens (tertiary/aromatic N) is 2. The number of hydrogen-bond donors (Lipinski definition) is 2. The van der Waals surface area contributed by atoms with Crippen molar-refractivity contribution < 1.29 is 4.39 Å². The molecule has 0 atom stereocenters. The Kier molecular flexibility index (Phi) is 8.60. The van der Waals surface area contributed by atoms with Crippen molar-refractivity contribution in [3.63, 3.8) is 0 Å². The minimum Gasteiger partial charge on any atom is -0.356 e. The lowest BCUT2D eigenvalue weighted by atomic mass is 10.1. The molecule has 2 rings (SSSR count). The number of benzene rings is 1. The van der Waals surface area contributed by atoms with Crippen LogP contribution in [0.15, 0.2) is 29.3 Å². The lowest BCUT2D eigenvalue weighted by Gasteiger charge is -2.20. The van der Waals surface area contributed by atoms with E-state index in [1.807, 2.05) is 6.07 Å². The highest BCUT2D eigenvalue weighted by atomic mass is 19.1. The van der Waals surface area contributed by atoms with Crippen LogP contribution in [0.25, 0.3) is 0 Å². The molecule has 0 bridgehead atoms. The van der Waals surface area contributed by atoms with E-state index in [0.29, 0.717) is 0 Å². The maximum atomic E-state index is 13.1. The monoisotopic (exact) mass is 334 g/mol. The van der Waals surface area contributed by atoms with Gasteiger partial charge in [-0.3, -0.25) is 4.99 Å². The van der Waals surface area contributed by atoms with Crippen LogP contribution in [-0.2, 0) is 6.42 Å². The predicted molar refractivity (Wildman–Crippen MR) is 99.0 cm³/mol. The molecule has 1 aromatic rings. The third-order valence-corrected chi connectivity index (χ3v) is 4.46.